The maximum absolute atomic E-state index is 14.4. The van der Waals surface area contributed by atoms with E-state index in [1.54, 1.807) is 6.20 Å². The van der Waals surface area contributed by atoms with Crippen LogP contribution in [0, 0.1) is 5.82 Å². The van der Waals surface area contributed by atoms with Gasteiger partial charge in [0.25, 0.3) is 0 Å². The second-order valence-corrected chi connectivity index (χ2v) is 7.72. The first kappa shape index (κ1) is 19.8. The SMILES string of the molecule is CN1C(=O)CN(c2cc(C3CC3)cn3cc(CNc4ncnc(NC=O)c4F)nc23)C1=O. The highest BCUT2D eigenvalue weighted by molar-refractivity contribution is 6.13. The highest BCUT2D eigenvalue weighted by Crippen LogP contribution is 2.42. The zero-order valence-electron chi connectivity index (χ0n) is 17.1. The number of carbonyl (C=O) groups is 3. The Morgan fingerprint density at radius 2 is 2.00 bits per heavy atom. The first-order valence-corrected chi connectivity index (χ1v) is 10.0. The number of hydrogen-bond donors (Lipinski definition) is 2. The smallest absolute Gasteiger partial charge is 0.331 e. The topological polar surface area (TPSA) is 125 Å². The van der Waals surface area contributed by atoms with E-state index in [0.717, 1.165) is 29.6 Å². The van der Waals surface area contributed by atoms with Crippen LogP contribution in [0.5, 0.6) is 0 Å². The number of hydrogen-bond acceptors (Lipinski definition) is 7. The van der Waals surface area contributed by atoms with Gasteiger partial charge in [0, 0.05) is 19.4 Å². The monoisotopic (exact) mass is 438 g/mol. The van der Waals surface area contributed by atoms with Gasteiger partial charge in [0.2, 0.25) is 18.1 Å². The Bertz CT molecular complexity index is 1260. The Morgan fingerprint density at radius 1 is 1.22 bits per heavy atom. The molecule has 0 aromatic carbocycles. The quantitative estimate of drug-likeness (QED) is 0.425. The van der Waals surface area contributed by atoms with E-state index in [1.807, 2.05) is 16.7 Å². The van der Waals surface area contributed by atoms with Crippen LogP contribution in [0.4, 0.5) is 26.5 Å². The zero-order valence-corrected chi connectivity index (χ0v) is 17.1. The van der Waals surface area contributed by atoms with Gasteiger partial charge in [-0.1, -0.05) is 0 Å². The van der Waals surface area contributed by atoms with Gasteiger partial charge in [0.1, 0.15) is 12.9 Å². The molecule has 4 amide bonds. The Labute approximate surface area is 181 Å². The fourth-order valence-corrected chi connectivity index (χ4v) is 3.69. The largest absolute Gasteiger partial charge is 0.362 e. The lowest BCUT2D eigenvalue weighted by Crippen LogP contribution is -2.30. The molecule has 3 aromatic heterocycles. The van der Waals surface area contributed by atoms with Crippen LogP contribution >= 0.6 is 0 Å². The number of imidazole rings is 1. The molecule has 32 heavy (non-hydrogen) atoms. The summed E-state index contributed by atoms with van der Waals surface area (Å²) in [6.45, 7) is 0.0966. The van der Waals surface area contributed by atoms with Crippen molar-refractivity contribution in [2.24, 2.45) is 0 Å². The summed E-state index contributed by atoms with van der Waals surface area (Å²) < 4.78 is 16.2. The van der Waals surface area contributed by atoms with Gasteiger partial charge in [-0.05, 0) is 30.4 Å². The summed E-state index contributed by atoms with van der Waals surface area (Å²) in [5.74, 6) is -0.957. The molecule has 0 spiro atoms. The van der Waals surface area contributed by atoms with Crippen molar-refractivity contribution >= 4 is 41.3 Å². The number of pyridine rings is 1. The molecular formula is C20H19FN8O3. The number of imide groups is 1. The van der Waals surface area contributed by atoms with Crippen molar-refractivity contribution in [1.29, 1.82) is 0 Å². The molecule has 1 aliphatic carbocycles. The molecular weight excluding hydrogens is 419 g/mol. The van der Waals surface area contributed by atoms with Gasteiger partial charge in [-0.15, -0.1) is 0 Å². The van der Waals surface area contributed by atoms with Crippen LogP contribution < -0.4 is 15.5 Å². The van der Waals surface area contributed by atoms with Gasteiger partial charge >= 0.3 is 6.03 Å². The molecule has 3 aromatic rings. The number of amides is 4. The number of anilines is 3. The summed E-state index contributed by atoms with van der Waals surface area (Å²) in [5, 5.41) is 5.02. The maximum Gasteiger partial charge on any atom is 0.331 e. The van der Waals surface area contributed by atoms with E-state index < -0.39 is 11.8 Å². The summed E-state index contributed by atoms with van der Waals surface area (Å²) in [7, 11) is 1.46. The number of carbonyl (C=O) groups excluding carboxylic acids is 3. The number of urea groups is 1. The molecule has 0 unspecified atom stereocenters. The Kier molecular flexibility index (Phi) is 4.68. The van der Waals surface area contributed by atoms with Crippen LogP contribution in [0.15, 0.2) is 24.8 Å². The summed E-state index contributed by atoms with van der Waals surface area (Å²) in [5.41, 5.74) is 2.74. The normalized spacial score (nSPS) is 16.2. The number of nitrogens with one attached hydrogen (secondary N) is 2. The minimum Gasteiger partial charge on any atom is -0.362 e. The van der Waals surface area contributed by atoms with Crippen molar-refractivity contribution in [3.63, 3.8) is 0 Å². The third-order valence-corrected chi connectivity index (χ3v) is 5.55. The Balaban J connectivity index is 1.47. The van der Waals surface area contributed by atoms with Crippen LogP contribution in [-0.4, -0.2) is 56.2 Å². The molecule has 0 bridgehead atoms. The second kappa shape index (κ2) is 7.55. The average molecular weight is 438 g/mol. The molecule has 164 valence electrons. The van der Waals surface area contributed by atoms with E-state index in [0.29, 0.717) is 29.4 Å². The number of rotatable bonds is 7. The first-order valence-electron chi connectivity index (χ1n) is 10.0. The van der Waals surface area contributed by atoms with Crippen LogP contribution in [-0.2, 0) is 16.1 Å². The van der Waals surface area contributed by atoms with E-state index in [-0.39, 0.29) is 30.6 Å². The molecule has 1 saturated heterocycles. The molecule has 4 heterocycles. The van der Waals surface area contributed by atoms with Crippen molar-refractivity contribution in [2.45, 2.75) is 25.3 Å². The minimum atomic E-state index is -0.788. The minimum absolute atomic E-state index is 0.0434. The third-order valence-electron chi connectivity index (χ3n) is 5.55. The van der Waals surface area contributed by atoms with E-state index in [2.05, 4.69) is 25.6 Å². The standard InChI is InChI=1S/C20H19FN8O3/c1-27-15(31)8-29(20(27)32)14-4-12(11-2-3-11)6-28-7-13(26-19(14)28)5-22-17-16(21)18(25-10-30)24-9-23-17/h4,6-7,9-11H,2-3,5,8H2,1H3,(H2,22,23,24,25,30). The average Bonchev–Trinajstić information content (AvgIpc) is 3.50. The van der Waals surface area contributed by atoms with Crippen molar-refractivity contribution in [2.75, 3.05) is 29.1 Å². The van der Waals surface area contributed by atoms with Crippen LogP contribution in [0.3, 0.4) is 0 Å². The summed E-state index contributed by atoms with van der Waals surface area (Å²) >= 11 is 0. The number of nitrogens with zero attached hydrogens (tertiary/aromatic N) is 6. The lowest BCUT2D eigenvalue weighted by atomic mass is 10.1. The maximum atomic E-state index is 14.4. The van der Waals surface area contributed by atoms with Gasteiger partial charge < -0.3 is 15.0 Å². The van der Waals surface area contributed by atoms with Gasteiger partial charge in [-0.2, -0.15) is 4.39 Å². The van der Waals surface area contributed by atoms with Gasteiger partial charge in [-0.25, -0.2) is 19.7 Å². The predicted octanol–water partition coefficient (Wildman–Crippen LogP) is 1.72. The number of aromatic nitrogens is 4. The summed E-state index contributed by atoms with van der Waals surface area (Å²) in [4.78, 5) is 49.9. The Hall–Kier alpha value is -4.09. The van der Waals surface area contributed by atoms with Crippen molar-refractivity contribution in [3.05, 3.63) is 41.9 Å². The summed E-state index contributed by atoms with van der Waals surface area (Å²) in [6.07, 6.45) is 7.37. The van der Waals surface area contributed by atoms with Crippen LogP contribution in [0.1, 0.15) is 30.0 Å². The predicted molar refractivity (Wildman–Crippen MR) is 112 cm³/mol. The highest BCUT2D eigenvalue weighted by atomic mass is 19.1. The Morgan fingerprint density at radius 3 is 2.69 bits per heavy atom. The van der Waals surface area contributed by atoms with Crippen molar-refractivity contribution in [3.8, 4) is 0 Å². The number of likely N-dealkylation sites (N-methyl/N-ethyl adjacent to an activating group) is 1. The lowest BCUT2D eigenvalue weighted by molar-refractivity contribution is -0.123. The number of fused-ring (bicyclic) bond motifs is 1. The molecule has 0 atom stereocenters. The molecule has 2 N–H and O–H groups in total. The van der Waals surface area contributed by atoms with E-state index in [4.69, 9.17) is 0 Å². The van der Waals surface area contributed by atoms with Crippen molar-refractivity contribution in [1.82, 2.24) is 24.3 Å². The van der Waals surface area contributed by atoms with Crippen molar-refractivity contribution < 1.29 is 18.8 Å². The molecule has 1 saturated carbocycles. The zero-order chi connectivity index (χ0) is 22.4. The molecule has 2 aliphatic rings. The highest BCUT2D eigenvalue weighted by Gasteiger charge is 2.36. The van der Waals surface area contributed by atoms with Gasteiger partial charge in [0.15, 0.2) is 17.3 Å². The van der Waals surface area contributed by atoms with E-state index >= 15 is 0 Å². The van der Waals surface area contributed by atoms with Gasteiger partial charge in [-0.3, -0.25) is 19.4 Å². The molecule has 2 fully saturated rings. The van der Waals surface area contributed by atoms with Gasteiger partial charge in [0.05, 0.1) is 17.9 Å². The van der Waals surface area contributed by atoms with E-state index in [1.165, 1.54) is 11.9 Å². The molecule has 0 radical (unpaired) electrons. The number of halogens is 1. The first-order chi connectivity index (χ1) is 15.5. The second-order valence-electron chi connectivity index (χ2n) is 7.72. The summed E-state index contributed by atoms with van der Waals surface area (Å²) in [6, 6.07) is 1.52. The molecule has 12 heteroatoms. The fraction of sp³-hybridized carbons (Fsp3) is 0.300. The fourth-order valence-electron chi connectivity index (χ4n) is 3.69. The third kappa shape index (κ3) is 3.39. The molecule has 11 nitrogen and oxygen atoms in total. The molecule has 5 rings (SSSR count). The van der Waals surface area contributed by atoms with E-state index in [9.17, 15) is 18.8 Å². The van der Waals surface area contributed by atoms with Crippen LogP contribution in [0.25, 0.3) is 5.65 Å². The van der Waals surface area contributed by atoms with Crippen LogP contribution in [0.2, 0.25) is 0 Å². The molecule has 1 aliphatic heterocycles. The lowest BCUT2D eigenvalue weighted by Gasteiger charge is -2.17.